The maximum absolute atomic E-state index is 5.66. The molecule has 0 amide bonds. The van der Waals surface area contributed by atoms with Crippen LogP contribution in [-0.4, -0.2) is 26.3 Å². The summed E-state index contributed by atoms with van der Waals surface area (Å²) in [6, 6.07) is 0. The van der Waals surface area contributed by atoms with Gasteiger partial charge in [0.15, 0.2) is 0 Å². The summed E-state index contributed by atoms with van der Waals surface area (Å²) < 4.78 is 5.66. The van der Waals surface area contributed by atoms with Crippen LogP contribution in [0.15, 0.2) is 0 Å². The maximum Gasteiger partial charge on any atom is 0.0466 e. The molecular weight excluding hydrogens is 234 g/mol. The minimum atomic E-state index is 0.764. The van der Waals surface area contributed by atoms with Crippen LogP contribution in [0.4, 0.5) is 0 Å². The SMILES string of the molecule is CCCCCCCCOCCCCCNCC(C)C. The zero-order chi connectivity index (χ0) is 14.2. The van der Waals surface area contributed by atoms with Gasteiger partial charge in [-0.3, -0.25) is 0 Å². The fraction of sp³-hybridized carbons (Fsp3) is 1.00. The van der Waals surface area contributed by atoms with Crippen LogP contribution in [0.3, 0.4) is 0 Å². The van der Waals surface area contributed by atoms with Gasteiger partial charge >= 0.3 is 0 Å². The number of hydrogen-bond donors (Lipinski definition) is 1. The van der Waals surface area contributed by atoms with Gasteiger partial charge in [0, 0.05) is 13.2 Å². The van der Waals surface area contributed by atoms with E-state index in [2.05, 4.69) is 26.1 Å². The van der Waals surface area contributed by atoms with Crippen LogP contribution < -0.4 is 5.32 Å². The molecule has 0 radical (unpaired) electrons. The standard InChI is InChI=1S/C17H37NO/c1-4-5-6-7-8-11-14-19-15-12-9-10-13-18-16-17(2)3/h17-18H,4-16H2,1-3H3. The van der Waals surface area contributed by atoms with Crippen molar-refractivity contribution in [3.05, 3.63) is 0 Å². The topological polar surface area (TPSA) is 21.3 Å². The van der Waals surface area contributed by atoms with Crippen LogP contribution in [-0.2, 0) is 4.74 Å². The Morgan fingerprint density at radius 1 is 0.789 bits per heavy atom. The van der Waals surface area contributed by atoms with Crippen molar-refractivity contribution < 1.29 is 4.74 Å². The molecule has 0 fully saturated rings. The predicted octanol–water partition coefficient (Wildman–Crippen LogP) is 4.78. The van der Waals surface area contributed by atoms with Gasteiger partial charge < -0.3 is 10.1 Å². The molecule has 0 saturated heterocycles. The Morgan fingerprint density at radius 3 is 2.00 bits per heavy atom. The molecule has 0 rings (SSSR count). The van der Waals surface area contributed by atoms with Crippen molar-refractivity contribution in [2.45, 2.75) is 78.6 Å². The highest BCUT2D eigenvalue weighted by Gasteiger charge is 1.94. The van der Waals surface area contributed by atoms with E-state index < -0.39 is 0 Å². The van der Waals surface area contributed by atoms with Gasteiger partial charge in [-0.2, -0.15) is 0 Å². The number of ether oxygens (including phenoxy) is 1. The van der Waals surface area contributed by atoms with Crippen LogP contribution in [0.25, 0.3) is 0 Å². The lowest BCUT2D eigenvalue weighted by Gasteiger charge is -2.07. The number of hydrogen-bond acceptors (Lipinski definition) is 2. The molecule has 19 heavy (non-hydrogen) atoms. The molecule has 0 aromatic heterocycles. The minimum Gasteiger partial charge on any atom is -0.381 e. The van der Waals surface area contributed by atoms with E-state index >= 15 is 0 Å². The zero-order valence-corrected chi connectivity index (χ0v) is 13.7. The third-order valence-corrected chi connectivity index (χ3v) is 3.34. The third-order valence-electron chi connectivity index (χ3n) is 3.34. The van der Waals surface area contributed by atoms with E-state index in [0.29, 0.717) is 0 Å². The Bertz CT molecular complexity index is 159. The average molecular weight is 271 g/mol. The van der Waals surface area contributed by atoms with Crippen molar-refractivity contribution in [2.75, 3.05) is 26.3 Å². The molecule has 0 aromatic rings. The Morgan fingerprint density at radius 2 is 1.37 bits per heavy atom. The Hall–Kier alpha value is -0.0800. The first-order valence-corrected chi connectivity index (χ1v) is 8.55. The summed E-state index contributed by atoms with van der Waals surface area (Å²) in [7, 11) is 0. The molecule has 0 saturated carbocycles. The molecule has 0 atom stereocenters. The van der Waals surface area contributed by atoms with Gasteiger partial charge in [-0.25, -0.2) is 0 Å². The number of nitrogens with one attached hydrogen (secondary N) is 1. The molecule has 2 nitrogen and oxygen atoms in total. The highest BCUT2D eigenvalue weighted by molar-refractivity contribution is 4.52. The van der Waals surface area contributed by atoms with Crippen molar-refractivity contribution in [3.63, 3.8) is 0 Å². The summed E-state index contributed by atoms with van der Waals surface area (Å²) in [5.41, 5.74) is 0. The number of unbranched alkanes of at least 4 members (excludes halogenated alkanes) is 7. The molecule has 0 heterocycles. The molecule has 116 valence electrons. The molecule has 0 spiro atoms. The lowest BCUT2D eigenvalue weighted by molar-refractivity contribution is 0.126. The first-order valence-electron chi connectivity index (χ1n) is 8.55. The monoisotopic (exact) mass is 271 g/mol. The normalized spacial score (nSPS) is 11.4. The van der Waals surface area contributed by atoms with Gasteiger partial charge in [-0.1, -0.05) is 52.9 Å². The van der Waals surface area contributed by atoms with Crippen molar-refractivity contribution >= 4 is 0 Å². The van der Waals surface area contributed by atoms with Crippen LogP contribution in [0.1, 0.15) is 78.6 Å². The van der Waals surface area contributed by atoms with Gasteiger partial charge in [0.25, 0.3) is 0 Å². The van der Waals surface area contributed by atoms with Crippen LogP contribution in [0.2, 0.25) is 0 Å². The van der Waals surface area contributed by atoms with E-state index in [1.165, 1.54) is 57.8 Å². The third kappa shape index (κ3) is 17.9. The quantitative estimate of drug-likeness (QED) is 0.433. The summed E-state index contributed by atoms with van der Waals surface area (Å²) in [5, 5.41) is 3.48. The molecule has 0 aliphatic heterocycles. The highest BCUT2D eigenvalue weighted by Crippen LogP contribution is 2.05. The fourth-order valence-electron chi connectivity index (χ4n) is 2.11. The summed E-state index contributed by atoms with van der Waals surface area (Å²) in [4.78, 5) is 0. The van der Waals surface area contributed by atoms with E-state index in [0.717, 1.165) is 32.2 Å². The van der Waals surface area contributed by atoms with E-state index in [4.69, 9.17) is 4.74 Å². The van der Waals surface area contributed by atoms with Crippen LogP contribution in [0.5, 0.6) is 0 Å². The summed E-state index contributed by atoms with van der Waals surface area (Å²) in [6.07, 6.45) is 11.9. The summed E-state index contributed by atoms with van der Waals surface area (Å²) in [5.74, 6) is 0.764. The Balaban J connectivity index is 2.91. The average Bonchev–Trinajstić information content (AvgIpc) is 2.39. The van der Waals surface area contributed by atoms with Gasteiger partial charge in [-0.15, -0.1) is 0 Å². The van der Waals surface area contributed by atoms with E-state index in [1.807, 2.05) is 0 Å². The minimum absolute atomic E-state index is 0.764. The summed E-state index contributed by atoms with van der Waals surface area (Å²) >= 11 is 0. The van der Waals surface area contributed by atoms with Crippen molar-refractivity contribution in [1.82, 2.24) is 5.32 Å². The van der Waals surface area contributed by atoms with Crippen molar-refractivity contribution in [2.24, 2.45) is 5.92 Å². The van der Waals surface area contributed by atoms with E-state index in [-0.39, 0.29) is 0 Å². The smallest absolute Gasteiger partial charge is 0.0466 e. The molecule has 1 N–H and O–H groups in total. The zero-order valence-electron chi connectivity index (χ0n) is 13.7. The molecule has 0 aromatic carbocycles. The van der Waals surface area contributed by atoms with E-state index in [1.54, 1.807) is 0 Å². The Labute approximate surface area is 121 Å². The maximum atomic E-state index is 5.66. The molecule has 0 bridgehead atoms. The van der Waals surface area contributed by atoms with E-state index in [9.17, 15) is 0 Å². The number of rotatable bonds is 15. The van der Waals surface area contributed by atoms with Gasteiger partial charge in [0.1, 0.15) is 0 Å². The highest BCUT2D eigenvalue weighted by atomic mass is 16.5. The first kappa shape index (κ1) is 18.9. The second kappa shape index (κ2) is 16.0. The molecule has 0 unspecified atom stereocenters. The Kier molecular flexibility index (Phi) is 15.9. The largest absolute Gasteiger partial charge is 0.381 e. The van der Waals surface area contributed by atoms with Gasteiger partial charge in [0.05, 0.1) is 0 Å². The van der Waals surface area contributed by atoms with Crippen LogP contribution in [0, 0.1) is 5.92 Å². The van der Waals surface area contributed by atoms with Crippen molar-refractivity contribution in [3.8, 4) is 0 Å². The molecule has 0 aliphatic rings. The molecule has 0 aliphatic carbocycles. The predicted molar refractivity (Wildman–Crippen MR) is 85.8 cm³/mol. The summed E-state index contributed by atoms with van der Waals surface area (Å²) in [6.45, 7) is 11.0. The second-order valence-electron chi connectivity index (χ2n) is 6.04. The van der Waals surface area contributed by atoms with Gasteiger partial charge in [0.2, 0.25) is 0 Å². The van der Waals surface area contributed by atoms with Crippen LogP contribution >= 0.6 is 0 Å². The fourth-order valence-corrected chi connectivity index (χ4v) is 2.11. The first-order chi connectivity index (χ1) is 9.27. The lowest BCUT2D eigenvalue weighted by atomic mass is 10.1. The molecule has 2 heteroatoms. The van der Waals surface area contributed by atoms with Crippen molar-refractivity contribution in [1.29, 1.82) is 0 Å². The second-order valence-corrected chi connectivity index (χ2v) is 6.04. The lowest BCUT2D eigenvalue weighted by Crippen LogP contribution is -2.20. The molecular formula is C17H37NO. The van der Waals surface area contributed by atoms with Gasteiger partial charge in [-0.05, 0) is 44.7 Å².